The minimum atomic E-state index is -0.0485. The predicted octanol–water partition coefficient (Wildman–Crippen LogP) is 4.84. The van der Waals surface area contributed by atoms with E-state index in [1.807, 2.05) is 24.3 Å². The number of rotatable bonds is 4. The number of fused-ring (bicyclic) bond motifs is 1. The molecule has 1 atom stereocenters. The summed E-state index contributed by atoms with van der Waals surface area (Å²) in [7, 11) is 0. The molecule has 1 heterocycles. The average Bonchev–Trinajstić information content (AvgIpc) is 2.92. The van der Waals surface area contributed by atoms with E-state index < -0.39 is 0 Å². The summed E-state index contributed by atoms with van der Waals surface area (Å²) in [4.78, 5) is 2.81. The molecule has 0 bridgehead atoms. The Morgan fingerprint density at radius 1 is 1.29 bits per heavy atom. The second-order valence-electron chi connectivity index (χ2n) is 5.40. The van der Waals surface area contributed by atoms with Gasteiger partial charge in [0, 0.05) is 9.75 Å². The Hall–Kier alpha value is -0.840. The van der Waals surface area contributed by atoms with E-state index in [0.29, 0.717) is 6.61 Å². The second-order valence-corrected chi connectivity index (χ2v) is 7.43. The Morgan fingerprint density at radius 2 is 2.10 bits per heavy atom. The van der Waals surface area contributed by atoms with Gasteiger partial charge in [-0.15, -0.1) is 11.3 Å². The zero-order chi connectivity index (χ0) is 14.8. The normalized spacial score (nSPS) is 15.6. The topological polar surface area (TPSA) is 35.2 Å². The highest BCUT2D eigenvalue weighted by atomic mass is 79.9. The molecule has 0 saturated carbocycles. The van der Waals surface area contributed by atoms with Crippen LogP contribution in [0.5, 0.6) is 5.75 Å². The number of aryl methyl sites for hydroxylation is 2. The fourth-order valence-corrected chi connectivity index (χ4v) is 4.61. The lowest BCUT2D eigenvalue weighted by molar-refractivity contribution is 0.338. The van der Waals surface area contributed by atoms with Gasteiger partial charge in [0.1, 0.15) is 5.75 Å². The van der Waals surface area contributed by atoms with Crippen LogP contribution in [-0.4, -0.2) is 6.61 Å². The molecular weight excluding hydrogens is 346 g/mol. The number of hydrogen-bond acceptors (Lipinski definition) is 3. The van der Waals surface area contributed by atoms with Gasteiger partial charge in [0.05, 0.1) is 17.1 Å². The van der Waals surface area contributed by atoms with Crippen molar-refractivity contribution in [3.05, 3.63) is 49.6 Å². The van der Waals surface area contributed by atoms with Crippen LogP contribution in [0.1, 0.15) is 46.7 Å². The Bertz CT molecular complexity index is 614. The smallest absolute Gasteiger partial charge is 0.133 e. The monoisotopic (exact) mass is 365 g/mol. The molecule has 0 spiro atoms. The average molecular weight is 366 g/mol. The van der Waals surface area contributed by atoms with Crippen LogP contribution < -0.4 is 10.5 Å². The van der Waals surface area contributed by atoms with Crippen molar-refractivity contribution in [3.63, 3.8) is 0 Å². The van der Waals surface area contributed by atoms with Gasteiger partial charge in [0.2, 0.25) is 0 Å². The quantitative estimate of drug-likeness (QED) is 0.841. The van der Waals surface area contributed by atoms with E-state index in [1.54, 1.807) is 0 Å². The molecule has 1 unspecified atom stereocenters. The van der Waals surface area contributed by atoms with Crippen molar-refractivity contribution in [3.8, 4) is 5.75 Å². The molecule has 2 N–H and O–H groups in total. The SMILES string of the molecule is CCOc1ccc(C(N)c2cc3c(s2)CCCC3)cc1Br. The third-order valence-corrected chi connectivity index (χ3v) is 5.88. The number of ether oxygens (including phenoxy) is 1. The maximum absolute atomic E-state index is 6.47. The summed E-state index contributed by atoms with van der Waals surface area (Å²) in [5.41, 5.74) is 9.11. The van der Waals surface area contributed by atoms with Crippen LogP contribution >= 0.6 is 27.3 Å². The molecule has 0 fully saturated rings. The van der Waals surface area contributed by atoms with Crippen molar-refractivity contribution in [2.45, 2.75) is 38.6 Å². The van der Waals surface area contributed by atoms with Crippen LogP contribution in [-0.2, 0) is 12.8 Å². The summed E-state index contributed by atoms with van der Waals surface area (Å²) in [6.45, 7) is 2.66. The lowest BCUT2D eigenvalue weighted by Gasteiger charge is -2.13. The molecule has 112 valence electrons. The summed E-state index contributed by atoms with van der Waals surface area (Å²) in [6, 6.07) is 8.41. The Balaban J connectivity index is 1.86. The lowest BCUT2D eigenvalue weighted by atomic mass is 9.98. The van der Waals surface area contributed by atoms with E-state index in [4.69, 9.17) is 10.5 Å². The fraction of sp³-hybridized carbons (Fsp3) is 0.412. The molecule has 0 amide bonds. The van der Waals surface area contributed by atoms with Crippen molar-refractivity contribution in [2.75, 3.05) is 6.61 Å². The predicted molar refractivity (Wildman–Crippen MR) is 92.3 cm³/mol. The first-order valence-corrected chi connectivity index (χ1v) is 9.09. The molecule has 2 aromatic rings. The van der Waals surface area contributed by atoms with E-state index in [9.17, 15) is 0 Å². The highest BCUT2D eigenvalue weighted by molar-refractivity contribution is 9.10. The summed E-state index contributed by atoms with van der Waals surface area (Å²) < 4.78 is 6.53. The van der Waals surface area contributed by atoms with Gasteiger partial charge in [-0.25, -0.2) is 0 Å². The molecular formula is C17H20BrNOS. The number of hydrogen-bond donors (Lipinski definition) is 1. The van der Waals surface area contributed by atoms with Crippen molar-refractivity contribution < 1.29 is 4.74 Å². The Morgan fingerprint density at radius 3 is 2.81 bits per heavy atom. The van der Waals surface area contributed by atoms with Crippen molar-refractivity contribution in [1.82, 2.24) is 0 Å². The van der Waals surface area contributed by atoms with E-state index in [1.165, 1.54) is 41.0 Å². The number of benzene rings is 1. The van der Waals surface area contributed by atoms with Gasteiger partial charge >= 0.3 is 0 Å². The molecule has 1 aromatic carbocycles. The first-order valence-electron chi connectivity index (χ1n) is 7.48. The van der Waals surface area contributed by atoms with Crippen LogP contribution in [0.3, 0.4) is 0 Å². The second kappa shape index (κ2) is 6.51. The van der Waals surface area contributed by atoms with E-state index >= 15 is 0 Å². The Kier molecular flexibility index (Phi) is 4.67. The van der Waals surface area contributed by atoms with Gasteiger partial charge in [0.25, 0.3) is 0 Å². The zero-order valence-corrected chi connectivity index (χ0v) is 14.6. The van der Waals surface area contributed by atoms with Crippen molar-refractivity contribution >= 4 is 27.3 Å². The molecule has 1 aliphatic carbocycles. The maximum Gasteiger partial charge on any atom is 0.133 e. The van der Waals surface area contributed by atoms with Crippen LogP contribution in [0, 0.1) is 0 Å². The first kappa shape index (κ1) is 15.1. The minimum Gasteiger partial charge on any atom is -0.493 e. The number of halogens is 1. The molecule has 2 nitrogen and oxygen atoms in total. The number of thiophene rings is 1. The minimum absolute atomic E-state index is 0.0485. The Labute approximate surface area is 138 Å². The van der Waals surface area contributed by atoms with Crippen LogP contribution in [0.2, 0.25) is 0 Å². The van der Waals surface area contributed by atoms with Crippen LogP contribution in [0.15, 0.2) is 28.7 Å². The molecule has 0 saturated heterocycles. The van der Waals surface area contributed by atoms with E-state index in [2.05, 4.69) is 34.1 Å². The van der Waals surface area contributed by atoms with Gasteiger partial charge in [-0.2, -0.15) is 0 Å². The summed E-state index contributed by atoms with van der Waals surface area (Å²) in [5.74, 6) is 0.874. The first-order chi connectivity index (χ1) is 10.2. The molecule has 4 heteroatoms. The molecule has 0 aliphatic heterocycles. The van der Waals surface area contributed by atoms with Crippen molar-refractivity contribution in [2.24, 2.45) is 5.73 Å². The van der Waals surface area contributed by atoms with Gasteiger partial charge in [-0.3, -0.25) is 0 Å². The summed E-state index contributed by atoms with van der Waals surface area (Å²) >= 11 is 5.46. The highest BCUT2D eigenvalue weighted by Crippen LogP contribution is 2.36. The zero-order valence-electron chi connectivity index (χ0n) is 12.2. The maximum atomic E-state index is 6.47. The van der Waals surface area contributed by atoms with E-state index in [-0.39, 0.29) is 6.04 Å². The van der Waals surface area contributed by atoms with Crippen LogP contribution in [0.4, 0.5) is 0 Å². The fourth-order valence-electron chi connectivity index (χ4n) is 2.81. The van der Waals surface area contributed by atoms with Crippen LogP contribution in [0.25, 0.3) is 0 Å². The lowest BCUT2D eigenvalue weighted by Crippen LogP contribution is -2.10. The molecule has 3 rings (SSSR count). The van der Waals surface area contributed by atoms with Gasteiger partial charge in [-0.05, 0) is 77.9 Å². The van der Waals surface area contributed by atoms with Gasteiger partial charge in [0.15, 0.2) is 0 Å². The van der Waals surface area contributed by atoms with Gasteiger partial charge < -0.3 is 10.5 Å². The molecule has 0 radical (unpaired) electrons. The van der Waals surface area contributed by atoms with Gasteiger partial charge in [-0.1, -0.05) is 6.07 Å². The molecule has 1 aromatic heterocycles. The van der Waals surface area contributed by atoms with Crippen molar-refractivity contribution in [1.29, 1.82) is 0 Å². The standard InChI is InChI=1S/C17H20BrNOS/c1-2-20-14-8-7-12(9-13(14)18)17(19)16-10-11-5-3-4-6-15(11)21-16/h7-10,17H,2-6,19H2,1H3. The summed E-state index contributed by atoms with van der Waals surface area (Å²) in [6.07, 6.45) is 5.06. The third kappa shape index (κ3) is 3.17. The third-order valence-electron chi connectivity index (χ3n) is 3.94. The number of nitrogens with two attached hydrogens (primary N) is 1. The molecule has 1 aliphatic rings. The highest BCUT2D eigenvalue weighted by Gasteiger charge is 2.18. The summed E-state index contributed by atoms with van der Waals surface area (Å²) in [5, 5.41) is 0. The van der Waals surface area contributed by atoms with E-state index in [0.717, 1.165) is 15.8 Å². The molecule has 21 heavy (non-hydrogen) atoms. The largest absolute Gasteiger partial charge is 0.493 e.